The van der Waals surface area contributed by atoms with Gasteiger partial charge in [0.05, 0.1) is 11.6 Å². The van der Waals surface area contributed by atoms with Gasteiger partial charge in [0, 0.05) is 19.6 Å². The predicted molar refractivity (Wildman–Crippen MR) is 69.8 cm³/mol. The number of benzene rings is 1. The van der Waals surface area contributed by atoms with Crippen molar-refractivity contribution in [2.45, 2.75) is 20.4 Å². The summed E-state index contributed by atoms with van der Waals surface area (Å²) in [4.78, 5) is 0. The Morgan fingerprint density at radius 3 is 2.56 bits per heavy atom. The van der Waals surface area contributed by atoms with Crippen LogP contribution < -0.4 is 4.72 Å². The van der Waals surface area contributed by atoms with Gasteiger partial charge in [-0.3, -0.25) is 0 Å². The molecule has 0 amide bonds. The zero-order chi connectivity index (χ0) is 13.6. The van der Waals surface area contributed by atoms with E-state index in [0.29, 0.717) is 18.7 Å². The Kier molecular flexibility index (Phi) is 5.28. The second kappa shape index (κ2) is 6.50. The van der Waals surface area contributed by atoms with Crippen LogP contribution in [0, 0.1) is 11.3 Å². The molecule has 0 saturated carbocycles. The molecule has 0 atom stereocenters. The van der Waals surface area contributed by atoms with Crippen LogP contribution >= 0.6 is 0 Å². The average molecular weight is 267 g/mol. The van der Waals surface area contributed by atoms with E-state index in [-0.39, 0.29) is 6.54 Å². The number of rotatable bonds is 6. The number of nitrogens with zero attached hydrogens (tertiary/aromatic N) is 2. The van der Waals surface area contributed by atoms with Gasteiger partial charge in [-0.2, -0.15) is 22.7 Å². The number of nitriles is 1. The maximum atomic E-state index is 11.9. The molecule has 0 spiro atoms. The lowest BCUT2D eigenvalue weighted by atomic mass is 10.1. The van der Waals surface area contributed by atoms with E-state index in [1.54, 1.807) is 38.1 Å². The highest BCUT2D eigenvalue weighted by Gasteiger charge is 2.17. The van der Waals surface area contributed by atoms with Crippen molar-refractivity contribution >= 4 is 10.2 Å². The van der Waals surface area contributed by atoms with Crippen LogP contribution in [0.3, 0.4) is 0 Å². The first-order valence-corrected chi connectivity index (χ1v) is 7.21. The quantitative estimate of drug-likeness (QED) is 0.842. The van der Waals surface area contributed by atoms with Crippen LogP contribution in [0.5, 0.6) is 0 Å². The summed E-state index contributed by atoms with van der Waals surface area (Å²) in [6.45, 7) is 4.64. The van der Waals surface area contributed by atoms with Gasteiger partial charge in [0.2, 0.25) is 0 Å². The van der Waals surface area contributed by atoms with Crippen molar-refractivity contribution in [2.75, 3.05) is 13.1 Å². The minimum atomic E-state index is -3.44. The molecular weight excluding hydrogens is 250 g/mol. The molecule has 0 unspecified atom stereocenters. The van der Waals surface area contributed by atoms with Crippen LogP contribution in [0.4, 0.5) is 0 Å². The van der Waals surface area contributed by atoms with E-state index in [0.717, 1.165) is 5.56 Å². The molecule has 1 aromatic rings. The molecule has 18 heavy (non-hydrogen) atoms. The van der Waals surface area contributed by atoms with Crippen molar-refractivity contribution in [3.05, 3.63) is 35.4 Å². The summed E-state index contributed by atoms with van der Waals surface area (Å²) in [5.41, 5.74) is 1.29. The number of hydrogen-bond acceptors (Lipinski definition) is 3. The summed E-state index contributed by atoms with van der Waals surface area (Å²) in [6.07, 6.45) is 0. The van der Waals surface area contributed by atoms with Gasteiger partial charge >= 0.3 is 0 Å². The van der Waals surface area contributed by atoms with Crippen LogP contribution in [0.2, 0.25) is 0 Å². The maximum Gasteiger partial charge on any atom is 0.279 e. The Balaban J connectivity index is 2.73. The van der Waals surface area contributed by atoms with Crippen LogP contribution in [-0.4, -0.2) is 25.8 Å². The monoisotopic (exact) mass is 267 g/mol. The Morgan fingerprint density at radius 2 is 2.00 bits per heavy atom. The van der Waals surface area contributed by atoms with Crippen LogP contribution in [0.25, 0.3) is 0 Å². The molecule has 1 N–H and O–H groups in total. The van der Waals surface area contributed by atoms with E-state index in [2.05, 4.69) is 4.72 Å². The molecule has 98 valence electrons. The summed E-state index contributed by atoms with van der Waals surface area (Å²) in [6, 6.07) is 8.90. The summed E-state index contributed by atoms with van der Waals surface area (Å²) >= 11 is 0. The molecule has 0 fully saturated rings. The van der Waals surface area contributed by atoms with Gasteiger partial charge in [0.1, 0.15) is 0 Å². The molecular formula is C12H17N3O2S. The molecule has 6 heteroatoms. The number of nitrogens with one attached hydrogen (secondary N) is 1. The minimum absolute atomic E-state index is 0.189. The van der Waals surface area contributed by atoms with Gasteiger partial charge in [-0.25, -0.2) is 0 Å². The second-order valence-corrected chi connectivity index (χ2v) is 5.48. The molecule has 0 aliphatic carbocycles. The van der Waals surface area contributed by atoms with Gasteiger partial charge in [0.15, 0.2) is 0 Å². The summed E-state index contributed by atoms with van der Waals surface area (Å²) in [5.74, 6) is 0. The standard InChI is InChI=1S/C12H17N3O2S/c1-3-15(4-2)18(16,17)14-10-12-7-5-6-11(8-12)9-13/h5-8,14H,3-4,10H2,1-2H3. The van der Waals surface area contributed by atoms with Crippen LogP contribution in [-0.2, 0) is 16.8 Å². The molecule has 0 aliphatic rings. The molecule has 1 aromatic carbocycles. The molecule has 0 saturated heterocycles. The smallest absolute Gasteiger partial charge is 0.198 e. The summed E-state index contributed by atoms with van der Waals surface area (Å²) < 4.78 is 27.6. The van der Waals surface area contributed by atoms with Gasteiger partial charge in [-0.15, -0.1) is 0 Å². The first-order chi connectivity index (χ1) is 8.53. The Labute approximate surface area is 108 Å². The Hall–Kier alpha value is -1.42. The third kappa shape index (κ3) is 3.81. The van der Waals surface area contributed by atoms with Gasteiger partial charge in [-0.1, -0.05) is 26.0 Å². The SMILES string of the molecule is CCN(CC)S(=O)(=O)NCc1cccc(C#N)c1. The number of hydrogen-bond donors (Lipinski definition) is 1. The van der Waals surface area contributed by atoms with Gasteiger partial charge < -0.3 is 0 Å². The van der Waals surface area contributed by atoms with Crippen molar-refractivity contribution in [2.24, 2.45) is 0 Å². The summed E-state index contributed by atoms with van der Waals surface area (Å²) in [5, 5.41) is 8.76. The fraction of sp³-hybridized carbons (Fsp3) is 0.417. The second-order valence-electron chi connectivity index (χ2n) is 3.72. The van der Waals surface area contributed by atoms with Crippen molar-refractivity contribution in [1.82, 2.24) is 9.03 Å². The lowest BCUT2D eigenvalue weighted by molar-refractivity contribution is 0.434. The minimum Gasteiger partial charge on any atom is -0.198 e. The van der Waals surface area contributed by atoms with Crippen LogP contribution in [0.1, 0.15) is 25.0 Å². The van der Waals surface area contributed by atoms with Gasteiger partial charge in [0.25, 0.3) is 10.2 Å². The fourth-order valence-electron chi connectivity index (χ4n) is 1.58. The van der Waals surface area contributed by atoms with Crippen molar-refractivity contribution in [1.29, 1.82) is 5.26 Å². The Morgan fingerprint density at radius 1 is 1.33 bits per heavy atom. The maximum absolute atomic E-state index is 11.9. The third-order valence-electron chi connectivity index (χ3n) is 2.56. The van der Waals surface area contributed by atoms with E-state index in [9.17, 15) is 8.42 Å². The van der Waals surface area contributed by atoms with E-state index in [1.165, 1.54) is 4.31 Å². The predicted octanol–water partition coefficient (Wildman–Crippen LogP) is 1.23. The van der Waals surface area contributed by atoms with E-state index in [4.69, 9.17) is 5.26 Å². The summed E-state index contributed by atoms with van der Waals surface area (Å²) in [7, 11) is -3.44. The Bertz CT molecular complexity index is 530. The van der Waals surface area contributed by atoms with Crippen molar-refractivity contribution < 1.29 is 8.42 Å². The molecule has 0 bridgehead atoms. The lowest BCUT2D eigenvalue weighted by Crippen LogP contribution is -2.40. The van der Waals surface area contributed by atoms with Crippen molar-refractivity contribution in [3.63, 3.8) is 0 Å². The first kappa shape index (κ1) is 14.6. The van der Waals surface area contributed by atoms with Crippen molar-refractivity contribution in [3.8, 4) is 6.07 Å². The third-order valence-corrected chi connectivity index (χ3v) is 4.27. The fourth-order valence-corrected chi connectivity index (χ4v) is 2.79. The van der Waals surface area contributed by atoms with E-state index < -0.39 is 10.2 Å². The van der Waals surface area contributed by atoms with Crippen LogP contribution in [0.15, 0.2) is 24.3 Å². The molecule has 0 aliphatic heterocycles. The molecule has 0 radical (unpaired) electrons. The largest absolute Gasteiger partial charge is 0.279 e. The highest BCUT2D eigenvalue weighted by molar-refractivity contribution is 7.87. The zero-order valence-corrected chi connectivity index (χ0v) is 11.4. The average Bonchev–Trinajstić information content (AvgIpc) is 2.38. The van der Waals surface area contributed by atoms with E-state index in [1.807, 2.05) is 6.07 Å². The molecule has 0 aromatic heterocycles. The molecule has 5 nitrogen and oxygen atoms in total. The molecule has 0 heterocycles. The lowest BCUT2D eigenvalue weighted by Gasteiger charge is -2.18. The zero-order valence-electron chi connectivity index (χ0n) is 10.5. The van der Waals surface area contributed by atoms with E-state index >= 15 is 0 Å². The first-order valence-electron chi connectivity index (χ1n) is 5.77. The topological polar surface area (TPSA) is 73.2 Å². The molecule has 1 rings (SSSR count). The highest BCUT2D eigenvalue weighted by atomic mass is 32.2. The normalized spacial score (nSPS) is 11.4. The highest BCUT2D eigenvalue weighted by Crippen LogP contribution is 2.05. The van der Waals surface area contributed by atoms with Gasteiger partial charge in [-0.05, 0) is 17.7 Å².